The van der Waals surface area contributed by atoms with Gasteiger partial charge in [-0.2, -0.15) is 0 Å². The molecule has 1 rings (SSSR count). The van der Waals surface area contributed by atoms with Crippen LogP contribution in [0.3, 0.4) is 0 Å². The summed E-state index contributed by atoms with van der Waals surface area (Å²) in [5.74, 6) is 0.372. The lowest BCUT2D eigenvalue weighted by molar-refractivity contribution is -0.162. The molecule has 94 valence electrons. The van der Waals surface area contributed by atoms with Gasteiger partial charge in [-0.05, 0) is 32.1 Å². The molecule has 1 unspecified atom stereocenters. The molecule has 0 N–H and O–H groups in total. The zero-order valence-electron chi connectivity index (χ0n) is 10.4. The van der Waals surface area contributed by atoms with Crippen LogP contribution in [0.5, 0.6) is 0 Å². The summed E-state index contributed by atoms with van der Waals surface area (Å²) >= 11 is 0. The molecule has 0 bridgehead atoms. The fourth-order valence-corrected chi connectivity index (χ4v) is 1.84. The Bertz CT molecular complexity index is 186. The van der Waals surface area contributed by atoms with Gasteiger partial charge in [-0.25, -0.2) is 0 Å². The van der Waals surface area contributed by atoms with Gasteiger partial charge in [-0.15, -0.1) is 0 Å². The molecular formula is C13H24O3. The Morgan fingerprint density at radius 1 is 1.31 bits per heavy atom. The number of carbonyl (C=O) groups is 1. The maximum atomic E-state index is 11.0. The van der Waals surface area contributed by atoms with E-state index in [0.717, 1.165) is 45.3 Å². The minimum absolute atomic E-state index is 0.0334. The quantitative estimate of drug-likeness (QED) is 0.599. The first-order valence-electron chi connectivity index (χ1n) is 6.58. The molecular weight excluding hydrogens is 204 g/mol. The minimum Gasteiger partial charge on any atom is -0.353 e. The summed E-state index contributed by atoms with van der Waals surface area (Å²) in [5, 5.41) is 0. The molecule has 0 aromatic rings. The van der Waals surface area contributed by atoms with Crippen molar-refractivity contribution in [2.75, 3.05) is 13.2 Å². The number of hydrogen-bond acceptors (Lipinski definition) is 3. The third kappa shape index (κ3) is 6.23. The van der Waals surface area contributed by atoms with E-state index in [0.29, 0.717) is 12.2 Å². The Hall–Kier alpha value is -0.410. The molecule has 1 fully saturated rings. The molecule has 1 aliphatic heterocycles. The largest absolute Gasteiger partial charge is 0.353 e. The molecule has 1 atom stereocenters. The van der Waals surface area contributed by atoms with E-state index in [2.05, 4.69) is 0 Å². The molecule has 0 aliphatic carbocycles. The van der Waals surface area contributed by atoms with Crippen molar-refractivity contribution in [3.8, 4) is 0 Å². The molecule has 1 heterocycles. The molecule has 0 aromatic carbocycles. The van der Waals surface area contributed by atoms with Gasteiger partial charge >= 0.3 is 0 Å². The fourth-order valence-electron chi connectivity index (χ4n) is 1.84. The van der Waals surface area contributed by atoms with Crippen molar-refractivity contribution in [2.24, 2.45) is 0 Å². The van der Waals surface area contributed by atoms with Crippen molar-refractivity contribution in [1.29, 1.82) is 0 Å². The maximum Gasteiger partial charge on any atom is 0.157 e. The first-order valence-corrected chi connectivity index (χ1v) is 6.58. The van der Waals surface area contributed by atoms with E-state index in [1.807, 2.05) is 6.92 Å². The highest BCUT2D eigenvalue weighted by atomic mass is 16.7. The van der Waals surface area contributed by atoms with Crippen molar-refractivity contribution in [3.05, 3.63) is 0 Å². The van der Waals surface area contributed by atoms with Crippen LogP contribution < -0.4 is 0 Å². The molecule has 16 heavy (non-hydrogen) atoms. The maximum absolute atomic E-state index is 11.0. The summed E-state index contributed by atoms with van der Waals surface area (Å²) in [6.45, 7) is 3.53. The Morgan fingerprint density at radius 2 is 2.19 bits per heavy atom. The number of hydrogen-bond donors (Lipinski definition) is 0. The molecule has 1 saturated heterocycles. The Labute approximate surface area is 98.5 Å². The van der Waals surface area contributed by atoms with Gasteiger partial charge in [0.25, 0.3) is 0 Å². The lowest BCUT2D eigenvalue weighted by Gasteiger charge is -2.22. The van der Waals surface area contributed by atoms with E-state index in [1.165, 1.54) is 12.8 Å². The molecule has 0 spiro atoms. The van der Waals surface area contributed by atoms with E-state index in [9.17, 15) is 4.79 Å². The Morgan fingerprint density at radius 3 is 2.88 bits per heavy atom. The molecule has 0 radical (unpaired) electrons. The van der Waals surface area contributed by atoms with Crippen molar-refractivity contribution >= 4 is 5.78 Å². The van der Waals surface area contributed by atoms with Gasteiger partial charge in [0.05, 0.1) is 0 Å². The number of rotatable bonds is 8. The van der Waals surface area contributed by atoms with Crippen molar-refractivity contribution in [1.82, 2.24) is 0 Å². The van der Waals surface area contributed by atoms with Crippen LogP contribution in [0, 0.1) is 0 Å². The van der Waals surface area contributed by atoms with E-state index < -0.39 is 0 Å². The summed E-state index contributed by atoms with van der Waals surface area (Å²) in [4.78, 5) is 11.0. The summed E-state index contributed by atoms with van der Waals surface area (Å²) in [7, 11) is 0. The predicted octanol–water partition coefficient (Wildman–Crippen LogP) is 3.07. The first kappa shape index (κ1) is 13.7. The predicted molar refractivity (Wildman–Crippen MR) is 63.3 cm³/mol. The zero-order chi connectivity index (χ0) is 11.6. The third-order valence-corrected chi connectivity index (χ3v) is 2.94. The summed E-state index contributed by atoms with van der Waals surface area (Å²) in [6, 6.07) is 0. The van der Waals surface area contributed by atoms with Gasteiger partial charge in [0.2, 0.25) is 0 Å². The van der Waals surface area contributed by atoms with Crippen LogP contribution in [0.25, 0.3) is 0 Å². The van der Waals surface area contributed by atoms with Gasteiger partial charge in [0.15, 0.2) is 6.29 Å². The number of unbranched alkanes of at least 4 members (excludes halogenated alkanes) is 2. The second kappa shape index (κ2) is 8.71. The monoisotopic (exact) mass is 228 g/mol. The Balaban J connectivity index is 1.85. The number of ketones is 1. The highest BCUT2D eigenvalue weighted by Crippen LogP contribution is 2.14. The van der Waals surface area contributed by atoms with E-state index >= 15 is 0 Å². The molecule has 3 nitrogen and oxygen atoms in total. The molecule has 0 aromatic heterocycles. The summed E-state index contributed by atoms with van der Waals surface area (Å²) in [5.41, 5.74) is 0. The van der Waals surface area contributed by atoms with Gasteiger partial charge in [-0.1, -0.05) is 13.3 Å². The average molecular weight is 228 g/mol. The SMILES string of the molecule is CCC(=O)CCCCCOC1CCCCO1. The first-order chi connectivity index (χ1) is 7.83. The normalized spacial score (nSPS) is 20.9. The molecule has 3 heteroatoms. The highest BCUT2D eigenvalue weighted by Gasteiger charge is 2.13. The highest BCUT2D eigenvalue weighted by molar-refractivity contribution is 5.77. The van der Waals surface area contributed by atoms with Crippen molar-refractivity contribution in [2.45, 2.75) is 64.6 Å². The van der Waals surface area contributed by atoms with Gasteiger partial charge in [0.1, 0.15) is 5.78 Å². The fraction of sp³-hybridized carbons (Fsp3) is 0.923. The van der Waals surface area contributed by atoms with Crippen LogP contribution in [-0.4, -0.2) is 25.3 Å². The van der Waals surface area contributed by atoms with Gasteiger partial charge in [0, 0.05) is 26.1 Å². The van der Waals surface area contributed by atoms with Gasteiger partial charge < -0.3 is 9.47 Å². The average Bonchev–Trinajstić information content (AvgIpc) is 2.34. The van der Waals surface area contributed by atoms with Crippen LogP contribution in [-0.2, 0) is 14.3 Å². The molecule has 0 amide bonds. The van der Waals surface area contributed by atoms with E-state index in [4.69, 9.17) is 9.47 Å². The topological polar surface area (TPSA) is 35.5 Å². The second-order valence-corrected chi connectivity index (χ2v) is 4.37. The molecule has 1 aliphatic rings. The lowest BCUT2D eigenvalue weighted by atomic mass is 10.1. The van der Waals surface area contributed by atoms with E-state index in [-0.39, 0.29) is 6.29 Å². The summed E-state index contributed by atoms with van der Waals surface area (Å²) < 4.78 is 11.1. The van der Waals surface area contributed by atoms with Crippen molar-refractivity contribution in [3.63, 3.8) is 0 Å². The van der Waals surface area contributed by atoms with Gasteiger partial charge in [-0.3, -0.25) is 4.79 Å². The van der Waals surface area contributed by atoms with Crippen LogP contribution in [0.2, 0.25) is 0 Å². The standard InChI is InChI=1S/C13H24O3/c1-2-12(14)8-4-3-6-10-15-13-9-5-7-11-16-13/h13H,2-11H2,1H3. The Kier molecular flexibility index (Phi) is 7.43. The number of carbonyl (C=O) groups excluding carboxylic acids is 1. The zero-order valence-corrected chi connectivity index (χ0v) is 10.4. The van der Waals surface area contributed by atoms with Crippen molar-refractivity contribution < 1.29 is 14.3 Å². The van der Waals surface area contributed by atoms with Crippen LogP contribution in [0.15, 0.2) is 0 Å². The van der Waals surface area contributed by atoms with Crippen LogP contribution in [0.1, 0.15) is 58.3 Å². The number of Topliss-reactive ketones (excluding diaryl/α,β-unsaturated/α-hetero) is 1. The van der Waals surface area contributed by atoms with Crippen LogP contribution in [0.4, 0.5) is 0 Å². The lowest BCUT2D eigenvalue weighted by Crippen LogP contribution is -2.22. The second-order valence-electron chi connectivity index (χ2n) is 4.37. The van der Waals surface area contributed by atoms with E-state index in [1.54, 1.807) is 0 Å². The third-order valence-electron chi connectivity index (χ3n) is 2.94. The minimum atomic E-state index is 0.0334. The number of ether oxygens (including phenoxy) is 2. The van der Waals surface area contributed by atoms with Crippen LogP contribution >= 0.6 is 0 Å². The molecule has 0 saturated carbocycles. The smallest absolute Gasteiger partial charge is 0.157 e. The summed E-state index contributed by atoms with van der Waals surface area (Å²) in [6.07, 6.45) is 7.98.